The number of carboxylic acids is 2. The van der Waals surface area contributed by atoms with Gasteiger partial charge in [-0.05, 0) is 31.2 Å². The summed E-state index contributed by atoms with van der Waals surface area (Å²) in [6.07, 6.45) is 16.0. The average Bonchev–Trinajstić information content (AvgIpc) is 3.17. The standard InChI is InChI=1S/C38H69N7O12/c39-45-43-21-15-20-40-35(48)30-56-28-27-55-25-23-42-36(49)31-57-29-26-54-24-22-41-33(46)19-18-32(38(52)53)44-34(47)16-13-11-9-7-5-3-1-2-4-6-8-10-12-14-17-37(50)51/h32H,1-31H2,(H,40,48)(H,41,46)(H,42,49)(H,44,47)(H,50,51)(H,52,53)/t32-/m0/s1. The first-order valence-corrected chi connectivity index (χ1v) is 20.5. The van der Waals surface area contributed by atoms with E-state index in [0.717, 1.165) is 38.5 Å². The van der Waals surface area contributed by atoms with Crippen molar-refractivity contribution in [1.82, 2.24) is 21.3 Å². The summed E-state index contributed by atoms with van der Waals surface area (Å²) >= 11 is 0. The summed E-state index contributed by atoms with van der Waals surface area (Å²) in [5.74, 6) is -3.18. The molecule has 1 atom stereocenters. The Bertz CT molecular complexity index is 1140. The monoisotopic (exact) mass is 816 g/mol. The van der Waals surface area contributed by atoms with Crippen LogP contribution in [0.2, 0.25) is 0 Å². The van der Waals surface area contributed by atoms with Gasteiger partial charge in [0.2, 0.25) is 23.6 Å². The molecular weight excluding hydrogens is 746 g/mol. The molecule has 0 spiro atoms. The third kappa shape index (κ3) is 40.0. The number of ether oxygens (including phenoxy) is 4. The van der Waals surface area contributed by atoms with Crippen molar-refractivity contribution in [2.75, 3.05) is 79.0 Å². The number of hydrogen-bond donors (Lipinski definition) is 6. The number of amides is 4. The van der Waals surface area contributed by atoms with E-state index in [1.165, 1.54) is 44.9 Å². The van der Waals surface area contributed by atoms with E-state index in [-0.39, 0.29) is 115 Å². The fourth-order valence-electron chi connectivity index (χ4n) is 5.39. The number of aliphatic carboxylic acids is 2. The molecule has 0 aliphatic heterocycles. The van der Waals surface area contributed by atoms with E-state index >= 15 is 0 Å². The van der Waals surface area contributed by atoms with Crippen LogP contribution in [-0.2, 0) is 47.7 Å². The van der Waals surface area contributed by atoms with Crippen LogP contribution in [0.15, 0.2) is 5.11 Å². The Labute approximate surface area is 337 Å². The van der Waals surface area contributed by atoms with Crippen LogP contribution in [-0.4, -0.2) is 131 Å². The Hall–Kier alpha value is -4.03. The second kappa shape index (κ2) is 40.2. The smallest absolute Gasteiger partial charge is 0.326 e. The van der Waals surface area contributed by atoms with Crippen LogP contribution in [0.3, 0.4) is 0 Å². The molecule has 0 bridgehead atoms. The van der Waals surface area contributed by atoms with Gasteiger partial charge in [-0.15, -0.1) is 0 Å². The zero-order valence-corrected chi connectivity index (χ0v) is 33.8. The van der Waals surface area contributed by atoms with Gasteiger partial charge in [-0.2, -0.15) is 0 Å². The summed E-state index contributed by atoms with van der Waals surface area (Å²) in [6.45, 7) is 2.21. The fraction of sp³-hybridized carbons (Fsp3) is 0.842. The molecular formula is C38H69N7O12. The maximum Gasteiger partial charge on any atom is 0.326 e. The van der Waals surface area contributed by atoms with Crippen molar-refractivity contribution in [3.8, 4) is 0 Å². The quantitative estimate of drug-likeness (QED) is 0.0222. The van der Waals surface area contributed by atoms with Crippen LogP contribution in [0.4, 0.5) is 0 Å². The highest BCUT2D eigenvalue weighted by atomic mass is 16.5. The first-order chi connectivity index (χ1) is 27.6. The van der Waals surface area contributed by atoms with Crippen LogP contribution in [0, 0.1) is 0 Å². The zero-order valence-electron chi connectivity index (χ0n) is 33.8. The number of azide groups is 1. The van der Waals surface area contributed by atoms with E-state index in [2.05, 4.69) is 31.3 Å². The Morgan fingerprint density at radius 3 is 1.42 bits per heavy atom. The van der Waals surface area contributed by atoms with Gasteiger partial charge in [-0.1, -0.05) is 82.2 Å². The van der Waals surface area contributed by atoms with Crippen LogP contribution in [0.25, 0.3) is 10.4 Å². The van der Waals surface area contributed by atoms with Crippen molar-refractivity contribution < 1.29 is 57.9 Å². The number of carbonyl (C=O) groups excluding carboxylic acids is 4. The molecule has 0 aromatic heterocycles. The minimum atomic E-state index is -1.18. The van der Waals surface area contributed by atoms with E-state index in [0.29, 0.717) is 25.9 Å². The molecule has 0 aromatic rings. The highest BCUT2D eigenvalue weighted by molar-refractivity contribution is 5.84. The van der Waals surface area contributed by atoms with Gasteiger partial charge in [0.1, 0.15) is 19.3 Å². The average molecular weight is 816 g/mol. The molecule has 328 valence electrons. The highest BCUT2D eigenvalue weighted by Gasteiger charge is 2.20. The highest BCUT2D eigenvalue weighted by Crippen LogP contribution is 2.14. The van der Waals surface area contributed by atoms with Gasteiger partial charge >= 0.3 is 11.9 Å². The molecule has 0 heterocycles. The zero-order chi connectivity index (χ0) is 42.0. The molecule has 6 N–H and O–H groups in total. The van der Waals surface area contributed by atoms with E-state index in [4.69, 9.17) is 29.6 Å². The number of rotatable bonds is 42. The fourth-order valence-corrected chi connectivity index (χ4v) is 5.39. The molecule has 0 aliphatic carbocycles. The maximum absolute atomic E-state index is 12.3. The van der Waals surface area contributed by atoms with E-state index in [9.17, 15) is 33.9 Å². The molecule has 57 heavy (non-hydrogen) atoms. The summed E-state index contributed by atoms with van der Waals surface area (Å²) in [4.78, 5) is 72.6. The minimum Gasteiger partial charge on any atom is -0.481 e. The van der Waals surface area contributed by atoms with Crippen molar-refractivity contribution in [1.29, 1.82) is 0 Å². The van der Waals surface area contributed by atoms with E-state index in [1.807, 2.05) is 0 Å². The molecule has 0 saturated carbocycles. The van der Waals surface area contributed by atoms with Gasteiger partial charge in [0.05, 0.1) is 39.6 Å². The number of unbranched alkanes of at least 4 members (excludes halogenated alkanes) is 13. The summed E-state index contributed by atoms with van der Waals surface area (Å²) in [5.41, 5.74) is 8.18. The Balaban J connectivity index is 3.65. The van der Waals surface area contributed by atoms with Crippen LogP contribution >= 0.6 is 0 Å². The topological polar surface area (TPSA) is 277 Å². The molecule has 0 unspecified atom stereocenters. The number of nitrogens with zero attached hydrogens (tertiary/aromatic N) is 3. The Morgan fingerprint density at radius 1 is 0.509 bits per heavy atom. The first kappa shape index (κ1) is 53.0. The Morgan fingerprint density at radius 2 is 0.947 bits per heavy atom. The van der Waals surface area contributed by atoms with Gasteiger partial charge in [-0.25, -0.2) is 4.79 Å². The summed E-state index contributed by atoms with van der Waals surface area (Å²) < 4.78 is 21.2. The van der Waals surface area contributed by atoms with Gasteiger partial charge in [0.15, 0.2) is 0 Å². The predicted molar refractivity (Wildman–Crippen MR) is 211 cm³/mol. The number of carboxylic acid groups (broad SMARTS) is 2. The minimum absolute atomic E-state index is 0.0268. The van der Waals surface area contributed by atoms with Crippen molar-refractivity contribution in [3.05, 3.63) is 10.4 Å². The summed E-state index contributed by atoms with van der Waals surface area (Å²) in [5, 5.41) is 32.0. The molecule has 0 aliphatic rings. The molecule has 4 amide bonds. The number of nitrogens with one attached hydrogen (secondary N) is 4. The lowest BCUT2D eigenvalue weighted by molar-refractivity contribution is -0.142. The van der Waals surface area contributed by atoms with Crippen molar-refractivity contribution >= 4 is 35.6 Å². The number of hydrogen-bond acceptors (Lipinski definition) is 11. The molecule has 19 heteroatoms. The van der Waals surface area contributed by atoms with Crippen LogP contribution < -0.4 is 21.3 Å². The normalized spacial score (nSPS) is 11.3. The summed E-state index contributed by atoms with van der Waals surface area (Å²) in [7, 11) is 0. The molecule has 0 saturated heterocycles. The largest absolute Gasteiger partial charge is 0.481 e. The SMILES string of the molecule is [N-]=[N+]=NCCCNC(=O)COCCOCCNC(=O)COCCOCCNC(=O)CC[C@H](NC(=O)CCCCCCCCCCCCCCCCC(=O)O)C(=O)O. The second-order valence-electron chi connectivity index (χ2n) is 13.5. The molecule has 0 radical (unpaired) electrons. The van der Waals surface area contributed by atoms with Crippen molar-refractivity contribution in [2.45, 2.75) is 128 Å². The van der Waals surface area contributed by atoms with Gasteiger partial charge in [-0.3, -0.25) is 24.0 Å². The molecule has 0 rings (SSSR count). The molecule has 19 nitrogen and oxygen atoms in total. The second-order valence-corrected chi connectivity index (χ2v) is 13.5. The maximum atomic E-state index is 12.3. The van der Waals surface area contributed by atoms with Crippen molar-refractivity contribution in [2.24, 2.45) is 5.11 Å². The van der Waals surface area contributed by atoms with Crippen molar-refractivity contribution in [3.63, 3.8) is 0 Å². The molecule has 0 fully saturated rings. The first-order valence-electron chi connectivity index (χ1n) is 20.5. The van der Waals surface area contributed by atoms with E-state index in [1.54, 1.807) is 0 Å². The van der Waals surface area contributed by atoms with Gasteiger partial charge in [0.25, 0.3) is 0 Å². The Kier molecular flexibility index (Phi) is 37.3. The predicted octanol–water partition coefficient (Wildman–Crippen LogP) is 3.78. The molecule has 0 aromatic carbocycles. The lowest BCUT2D eigenvalue weighted by atomic mass is 10.0. The van der Waals surface area contributed by atoms with Gasteiger partial charge < -0.3 is 50.4 Å². The van der Waals surface area contributed by atoms with Gasteiger partial charge in [0, 0.05) is 50.4 Å². The van der Waals surface area contributed by atoms with Crippen LogP contribution in [0.1, 0.15) is 122 Å². The lowest BCUT2D eigenvalue weighted by Crippen LogP contribution is -2.41. The van der Waals surface area contributed by atoms with E-state index < -0.39 is 18.0 Å². The number of carbonyl (C=O) groups is 6. The third-order valence-corrected chi connectivity index (χ3v) is 8.51. The summed E-state index contributed by atoms with van der Waals surface area (Å²) in [6, 6.07) is -1.14. The lowest BCUT2D eigenvalue weighted by Gasteiger charge is -2.14. The third-order valence-electron chi connectivity index (χ3n) is 8.51. The van der Waals surface area contributed by atoms with Crippen LogP contribution in [0.5, 0.6) is 0 Å².